The molecule has 10 heteroatoms. The largest absolute Gasteiger partial charge is 0.480 e. The number of methoxy groups -OCH3 is 1. The minimum atomic E-state index is -0.603. The highest BCUT2D eigenvalue weighted by atomic mass is 35.5. The van der Waals surface area contributed by atoms with Gasteiger partial charge in [0.15, 0.2) is 0 Å². The number of hydrogen-bond acceptors (Lipinski definition) is 8. The van der Waals surface area contributed by atoms with Gasteiger partial charge < -0.3 is 34.6 Å². The third-order valence-electron chi connectivity index (χ3n) is 5.31. The van der Waals surface area contributed by atoms with E-state index in [-0.39, 0.29) is 0 Å². The van der Waals surface area contributed by atoms with Crippen LogP contribution in [0.2, 0.25) is 5.02 Å². The molecular weight excluding hydrogens is 484 g/mol. The van der Waals surface area contributed by atoms with Crippen LogP contribution in [0.1, 0.15) is 31.1 Å². The van der Waals surface area contributed by atoms with Gasteiger partial charge in [-0.25, -0.2) is 4.79 Å². The van der Waals surface area contributed by atoms with E-state index in [4.69, 9.17) is 36.3 Å². The summed E-state index contributed by atoms with van der Waals surface area (Å²) < 4.78 is 22.1. The number of nitrogens with two attached hydrogens (primary N) is 1. The van der Waals surface area contributed by atoms with Crippen LogP contribution in [0.4, 0.5) is 5.82 Å². The number of nitrogens with one attached hydrogen (secondary N) is 1. The third-order valence-corrected chi connectivity index (χ3v) is 5.63. The number of pyridine rings is 1. The zero-order valence-electron chi connectivity index (χ0n) is 21.5. The molecular formula is C26H35ClN4O5. The van der Waals surface area contributed by atoms with E-state index in [9.17, 15) is 4.79 Å². The van der Waals surface area contributed by atoms with Crippen LogP contribution >= 0.6 is 11.6 Å². The molecule has 2 heterocycles. The lowest BCUT2D eigenvalue weighted by Gasteiger charge is -2.20. The van der Waals surface area contributed by atoms with Crippen molar-refractivity contribution in [3.8, 4) is 17.0 Å². The minimum absolute atomic E-state index is 0.405. The lowest BCUT2D eigenvalue weighted by atomic mass is 10.0. The van der Waals surface area contributed by atoms with Gasteiger partial charge in [-0.05, 0) is 45.0 Å². The highest BCUT2D eigenvalue weighted by Gasteiger charge is 2.22. The molecule has 2 aromatic heterocycles. The second kappa shape index (κ2) is 12.4. The van der Waals surface area contributed by atoms with Crippen LogP contribution in [-0.4, -0.2) is 75.2 Å². The molecule has 0 atom stereocenters. The first-order valence-corrected chi connectivity index (χ1v) is 12.2. The lowest BCUT2D eigenvalue weighted by molar-refractivity contribution is 0.00719. The van der Waals surface area contributed by atoms with Crippen molar-refractivity contribution in [3.05, 3.63) is 41.0 Å². The van der Waals surface area contributed by atoms with Crippen molar-refractivity contribution in [1.82, 2.24) is 9.97 Å². The number of ether oxygens (including phenoxy) is 4. The summed E-state index contributed by atoms with van der Waals surface area (Å²) in [5, 5.41) is 1.21. The number of carbonyl (C=O) groups excluding carboxylic acids is 1. The quantitative estimate of drug-likeness (QED) is 0.270. The van der Waals surface area contributed by atoms with Gasteiger partial charge in [0, 0.05) is 48.4 Å². The number of hydrogen-bond donors (Lipinski definition) is 2. The SMILES string of the molecule is COc1nc(N(C)CCOCCOCCN)ccc1-c1cc2c(C(=O)OC(C)(C)C)c[nH]c2cc1Cl. The maximum atomic E-state index is 12.7. The molecule has 0 amide bonds. The Morgan fingerprint density at radius 2 is 1.83 bits per heavy atom. The number of aromatic amines is 1. The molecule has 1 aromatic carbocycles. The van der Waals surface area contributed by atoms with Crippen LogP contribution in [0.5, 0.6) is 5.88 Å². The van der Waals surface area contributed by atoms with Gasteiger partial charge in [0.1, 0.15) is 11.4 Å². The number of nitrogens with zero attached hydrogens (tertiary/aromatic N) is 2. The summed E-state index contributed by atoms with van der Waals surface area (Å²) in [6.07, 6.45) is 1.64. The molecule has 0 bridgehead atoms. The van der Waals surface area contributed by atoms with Crippen molar-refractivity contribution in [1.29, 1.82) is 0 Å². The molecule has 0 aliphatic rings. The number of aromatic nitrogens is 2. The van der Waals surface area contributed by atoms with Gasteiger partial charge in [0.05, 0.1) is 44.1 Å². The van der Waals surface area contributed by atoms with E-state index in [2.05, 4.69) is 9.97 Å². The van der Waals surface area contributed by atoms with E-state index < -0.39 is 11.6 Å². The number of benzene rings is 1. The molecule has 3 rings (SSSR count). The van der Waals surface area contributed by atoms with Crippen LogP contribution in [0.15, 0.2) is 30.5 Å². The van der Waals surface area contributed by atoms with Crippen LogP contribution < -0.4 is 15.4 Å². The van der Waals surface area contributed by atoms with E-state index in [0.717, 1.165) is 11.3 Å². The smallest absolute Gasteiger partial charge is 0.340 e. The monoisotopic (exact) mass is 518 g/mol. The first-order chi connectivity index (χ1) is 17.1. The van der Waals surface area contributed by atoms with Gasteiger partial charge in [0.2, 0.25) is 5.88 Å². The number of carbonyl (C=O) groups is 1. The number of esters is 1. The molecule has 0 radical (unpaired) electrons. The molecule has 0 saturated heterocycles. The van der Waals surface area contributed by atoms with Gasteiger partial charge in [-0.15, -0.1) is 0 Å². The van der Waals surface area contributed by atoms with E-state index >= 15 is 0 Å². The number of anilines is 1. The fraction of sp³-hybridized carbons (Fsp3) is 0.462. The van der Waals surface area contributed by atoms with Crippen molar-refractivity contribution in [3.63, 3.8) is 0 Å². The zero-order valence-corrected chi connectivity index (χ0v) is 22.3. The average Bonchev–Trinajstić information content (AvgIpc) is 3.24. The molecule has 0 aliphatic carbocycles. The Hall–Kier alpha value is -2.85. The summed E-state index contributed by atoms with van der Waals surface area (Å²) in [5.74, 6) is 0.746. The highest BCUT2D eigenvalue weighted by Crippen LogP contribution is 2.38. The van der Waals surface area contributed by atoms with E-state index in [1.54, 1.807) is 19.4 Å². The predicted molar refractivity (Wildman–Crippen MR) is 142 cm³/mol. The molecule has 0 fully saturated rings. The third kappa shape index (κ3) is 7.10. The Morgan fingerprint density at radius 1 is 1.11 bits per heavy atom. The molecule has 0 unspecified atom stereocenters. The summed E-state index contributed by atoms with van der Waals surface area (Å²) >= 11 is 6.63. The lowest BCUT2D eigenvalue weighted by Crippen LogP contribution is -2.24. The molecule has 9 nitrogen and oxygen atoms in total. The summed E-state index contributed by atoms with van der Waals surface area (Å²) in [7, 11) is 3.50. The highest BCUT2D eigenvalue weighted by molar-refractivity contribution is 6.34. The first kappa shape index (κ1) is 27.7. The number of likely N-dealkylation sites (N-methyl/N-ethyl adjacent to an activating group) is 1. The zero-order chi connectivity index (χ0) is 26.3. The second-order valence-corrected chi connectivity index (χ2v) is 9.65. The van der Waals surface area contributed by atoms with Gasteiger partial charge in [-0.3, -0.25) is 0 Å². The van der Waals surface area contributed by atoms with Gasteiger partial charge in [0.25, 0.3) is 0 Å². The van der Waals surface area contributed by atoms with Crippen molar-refractivity contribution < 1.29 is 23.7 Å². The van der Waals surface area contributed by atoms with Crippen LogP contribution in [0.3, 0.4) is 0 Å². The Balaban J connectivity index is 1.80. The first-order valence-electron chi connectivity index (χ1n) is 11.8. The number of H-pyrrole nitrogens is 1. The summed E-state index contributed by atoms with van der Waals surface area (Å²) in [6.45, 7) is 8.73. The number of rotatable bonds is 12. The maximum Gasteiger partial charge on any atom is 0.340 e. The molecule has 3 N–H and O–H groups in total. The molecule has 0 saturated carbocycles. The average molecular weight is 519 g/mol. The summed E-state index contributed by atoms with van der Waals surface area (Å²) in [4.78, 5) is 22.5. The van der Waals surface area contributed by atoms with Crippen molar-refractivity contribution in [2.24, 2.45) is 5.73 Å². The standard InChI is InChI=1S/C26H35ClN4O5/c1-26(2,3)36-25(32)20-16-29-22-15-21(27)18(14-19(20)22)17-6-7-23(30-24(17)33-5)31(4)9-11-35-13-12-34-10-8-28/h6-7,14-16,29H,8-13,28H2,1-5H3. The fourth-order valence-corrected chi connectivity index (χ4v) is 3.84. The van der Waals surface area contributed by atoms with Gasteiger partial charge >= 0.3 is 5.97 Å². The van der Waals surface area contributed by atoms with Crippen molar-refractivity contribution in [2.45, 2.75) is 26.4 Å². The molecule has 3 aromatic rings. The van der Waals surface area contributed by atoms with Crippen LogP contribution in [0.25, 0.3) is 22.0 Å². The predicted octanol–water partition coefficient (Wildman–Crippen LogP) is 4.28. The van der Waals surface area contributed by atoms with Gasteiger partial charge in [-0.1, -0.05) is 11.6 Å². The topological polar surface area (TPSA) is 112 Å². The summed E-state index contributed by atoms with van der Waals surface area (Å²) in [6, 6.07) is 7.45. The van der Waals surface area contributed by atoms with E-state index in [1.165, 1.54) is 0 Å². The molecule has 36 heavy (non-hydrogen) atoms. The molecule has 0 spiro atoms. The Morgan fingerprint density at radius 3 is 2.50 bits per heavy atom. The normalized spacial score (nSPS) is 11.6. The maximum absolute atomic E-state index is 12.7. The van der Waals surface area contributed by atoms with Crippen molar-refractivity contribution in [2.75, 3.05) is 58.6 Å². The Bertz CT molecular complexity index is 1180. The number of halogens is 1. The summed E-state index contributed by atoms with van der Waals surface area (Å²) in [5.41, 5.74) is 7.38. The van der Waals surface area contributed by atoms with Gasteiger partial charge in [-0.2, -0.15) is 4.98 Å². The molecule has 196 valence electrons. The van der Waals surface area contributed by atoms with Crippen molar-refractivity contribution >= 4 is 34.3 Å². The number of fused-ring (bicyclic) bond motifs is 1. The Labute approximate surface area is 216 Å². The van der Waals surface area contributed by atoms with Crippen LogP contribution in [-0.2, 0) is 14.2 Å². The Kier molecular flexibility index (Phi) is 9.56. The molecule has 0 aliphatic heterocycles. The second-order valence-electron chi connectivity index (χ2n) is 9.24. The van der Waals surface area contributed by atoms with E-state index in [0.29, 0.717) is 72.5 Å². The van der Waals surface area contributed by atoms with E-state index in [1.807, 2.05) is 50.9 Å². The minimum Gasteiger partial charge on any atom is -0.480 e. The fourth-order valence-electron chi connectivity index (χ4n) is 3.58. The van der Waals surface area contributed by atoms with Crippen LogP contribution in [0, 0.1) is 0 Å².